The van der Waals surface area contributed by atoms with Gasteiger partial charge in [0, 0.05) is 6.42 Å². The van der Waals surface area contributed by atoms with Crippen molar-refractivity contribution in [2.75, 3.05) is 6.54 Å². The van der Waals surface area contributed by atoms with Crippen LogP contribution in [-0.2, 0) is 9.59 Å². The van der Waals surface area contributed by atoms with Crippen molar-refractivity contribution in [1.29, 1.82) is 0 Å². The lowest BCUT2D eigenvalue weighted by molar-refractivity contribution is -0.140. The van der Waals surface area contributed by atoms with Crippen LogP contribution in [0.5, 0.6) is 0 Å². The Morgan fingerprint density at radius 2 is 1.93 bits per heavy atom. The summed E-state index contributed by atoms with van der Waals surface area (Å²) in [5.74, 6) is -0.539. The van der Waals surface area contributed by atoms with Crippen molar-refractivity contribution in [2.24, 2.45) is 5.92 Å². The average molecular weight is 201 g/mol. The maximum absolute atomic E-state index is 11.0. The summed E-state index contributed by atoms with van der Waals surface area (Å²) in [5.41, 5.74) is 0. The van der Waals surface area contributed by atoms with E-state index >= 15 is 0 Å². The van der Waals surface area contributed by atoms with Crippen LogP contribution in [0.4, 0.5) is 0 Å². The third-order valence-electron chi connectivity index (χ3n) is 1.95. The van der Waals surface area contributed by atoms with E-state index in [1.165, 1.54) is 0 Å². The Kier molecular flexibility index (Phi) is 6.12. The van der Waals surface area contributed by atoms with Crippen LogP contribution in [0.1, 0.15) is 33.6 Å². The number of carboxylic acid groups (broad SMARTS) is 1. The summed E-state index contributed by atoms with van der Waals surface area (Å²) in [7, 11) is 0. The molecule has 1 atom stereocenters. The molecule has 0 aliphatic rings. The van der Waals surface area contributed by atoms with Crippen LogP contribution < -0.4 is 5.32 Å². The van der Waals surface area contributed by atoms with Gasteiger partial charge in [-0.25, -0.2) is 0 Å². The summed E-state index contributed by atoms with van der Waals surface area (Å²) in [6.45, 7) is 5.83. The van der Waals surface area contributed by atoms with Gasteiger partial charge in [-0.05, 0) is 12.3 Å². The molecule has 0 heterocycles. The zero-order chi connectivity index (χ0) is 11.1. The highest BCUT2D eigenvalue weighted by atomic mass is 16.4. The molecular weight excluding hydrogens is 182 g/mol. The van der Waals surface area contributed by atoms with Gasteiger partial charge in [-0.15, -0.1) is 0 Å². The highest BCUT2D eigenvalue weighted by Gasteiger charge is 2.18. The molecular formula is C10H19NO3. The Balaban J connectivity index is 3.97. The van der Waals surface area contributed by atoms with Gasteiger partial charge in [0.2, 0.25) is 0 Å². The minimum absolute atomic E-state index is 0.0417. The van der Waals surface area contributed by atoms with Crippen molar-refractivity contribution < 1.29 is 14.7 Å². The third kappa shape index (κ3) is 5.70. The number of carbonyl (C=O) groups excluding carboxylic acids is 1. The first kappa shape index (κ1) is 13.1. The second-order valence-corrected chi connectivity index (χ2v) is 3.79. The number of carbonyl (C=O) groups is 2. The summed E-state index contributed by atoms with van der Waals surface area (Å²) in [6.07, 6.45) is 0.993. The quantitative estimate of drug-likeness (QED) is 0.646. The van der Waals surface area contributed by atoms with Gasteiger partial charge in [-0.3, -0.25) is 14.9 Å². The van der Waals surface area contributed by atoms with Crippen LogP contribution in [0.15, 0.2) is 0 Å². The maximum Gasteiger partial charge on any atom is 0.320 e. The summed E-state index contributed by atoms with van der Waals surface area (Å²) in [6, 6.07) is -0.606. The van der Waals surface area contributed by atoms with Crippen molar-refractivity contribution in [1.82, 2.24) is 5.32 Å². The molecule has 0 fully saturated rings. The van der Waals surface area contributed by atoms with Gasteiger partial charge in [0.15, 0.2) is 0 Å². The maximum atomic E-state index is 11.0. The van der Waals surface area contributed by atoms with Crippen LogP contribution in [0.3, 0.4) is 0 Å². The first-order valence-electron chi connectivity index (χ1n) is 4.95. The van der Waals surface area contributed by atoms with Gasteiger partial charge >= 0.3 is 5.97 Å². The molecule has 0 aromatic rings. The monoisotopic (exact) mass is 201 g/mol. The second-order valence-electron chi connectivity index (χ2n) is 3.79. The molecule has 0 rings (SSSR count). The zero-order valence-electron chi connectivity index (χ0n) is 9.04. The number of ketones is 1. The minimum Gasteiger partial charge on any atom is -0.480 e. The SMILES string of the molecule is CCC(=O)CNC(CC(C)C)C(=O)O. The minimum atomic E-state index is -0.886. The Hall–Kier alpha value is -0.900. The lowest BCUT2D eigenvalue weighted by Crippen LogP contribution is -2.40. The fourth-order valence-electron chi connectivity index (χ4n) is 1.10. The molecule has 4 heteroatoms. The van der Waals surface area contributed by atoms with Gasteiger partial charge in [0.25, 0.3) is 0 Å². The van der Waals surface area contributed by atoms with E-state index in [-0.39, 0.29) is 12.3 Å². The van der Waals surface area contributed by atoms with Crippen LogP contribution in [-0.4, -0.2) is 29.4 Å². The summed E-state index contributed by atoms with van der Waals surface area (Å²) < 4.78 is 0. The molecule has 2 N–H and O–H groups in total. The molecule has 0 aromatic carbocycles. The van der Waals surface area contributed by atoms with Crippen LogP contribution in [0.2, 0.25) is 0 Å². The summed E-state index contributed by atoms with van der Waals surface area (Å²) in [4.78, 5) is 21.7. The number of carboxylic acids is 1. The third-order valence-corrected chi connectivity index (χ3v) is 1.95. The van der Waals surface area contributed by atoms with E-state index in [1.807, 2.05) is 13.8 Å². The predicted octanol–water partition coefficient (Wildman–Crippen LogP) is 1.05. The fraction of sp³-hybridized carbons (Fsp3) is 0.800. The number of rotatable bonds is 7. The van der Waals surface area contributed by atoms with E-state index in [4.69, 9.17) is 5.11 Å². The number of hydrogen-bond acceptors (Lipinski definition) is 3. The van der Waals surface area contributed by atoms with Crippen LogP contribution in [0.25, 0.3) is 0 Å². The number of hydrogen-bond donors (Lipinski definition) is 2. The number of aliphatic carboxylic acids is 1. The Bertz CT molecular complexity index is 202. The van der Waals surface area contributed by atoms with Crippen LogP contribution in [0, 0.1) is 5.92 Å². The van der Waals surface area contributed by atoms with Crippen molar-refractivity contribution in [3.63, 3.8) is 0 Å². The lowest BCUT2D eigenvalue weighted by Gasteiger charge is -2.15. The zero-order valence-corrected chi connectivity index (χ0v) is 9.04. The van der Waals surface area contributed by atoms with E-state index in [9.17, 15) is 9.59 Å². The molecule has 0 aromatic heterocycles. The van der Waals surface area contributed by atoms with E-state index in [2.05, 4.69) is 5.32 Å². The van der Waals surface area contributed by atoms with E-state index in [0.717, 1.165) is 0 Å². The predicted molar refractivity (Wildman–Crippen MR) is 54.2 cm³/mol. The fourth-order valence-corrected chi connectivity index (χ4v) is 1.10. The Morgan fingerprint density at radius 3 is 2.29 bits per heavy atom. The van der Waals surface area contributed by atoms with Crippen LogP contribution >= 0.6 is 0 Å². The highest BCUT2D eigenvalue weighted by molar-refractivity contribution is 5.81. The smallest absolute Gasteiger partial charge is 0.320 e. The van der Waals surface area contributed by atoms with Crippen molar-refractivity contribution in [2.45, 2.75) is 39.7 Å². The molecule has 0 aliphatic carbocycles. The van der Waals surface area contributed by atoms with Crippen molar-refractivity contribution in [3.8, 4) is 0 Å². The van der Waals surface area contributed by atoms with Gasteiger partial charge in [-0.1, -0.05) is 20.8 Å². The molecule has 0 radical (unpaired) electrons. The van der Waals surface area contributed by atoms with Gasteiger partial charge in [0.1, 0.15) is 11.8 Å². The molecule has 0 spiro atoms. The Labute approximate surface area is 84.7 Å². The van der Waals surface area contributed by atoms with Crippen molar-refractivity contribution in [3.05, 3.63) is 0 Å². The lowest BCUT2D eigenvalue weighted by atomic mass is 10.0. The average Bonchev–Trinajstić information content (AvgIpc) is 2.10. The first-order chi connectivity index (χ1) is 6.47. The molecule has 0 bridgehead atoms. The van der Waals surface area contributed by atoms with E-state index in [1.54, 1.807) is 6.92 Å². The van der Waals surface area contributed by atoms with Crippen molar-refractivity contribution >= 4 is 11.8 Å². The summed E-state index contributed by atoms with van der Waals surface area (Å²) >= 11 is 0. The molecule has 1 unspecified atom stereocenters. The largest absolute Gasteiger partial charge is 0.480 e. The first-order valence-corrected chi connectivity index (χ1v) is 4.95. The second kappa shape index (κ2) is 6.54. The number of nitrogens with one attached hydrogen (secondary N) is 1. The highest BCUT2D eigenvalue weighted by Crippen LogP contribution is 2.04. The molecule has 14 heavy (non-hydrogen) atoms. The number of Topliss-reactive ketones (excluding diaryl/α,β-unsaturated/α-hetero) is 1. The molecule has 4 nitrogen and oxygen atoms in total. The molecule has 0 saturated carbocycles. The van der Waals surface area contributed by atoms with E-state index in [0.29, 0.717) is 18.8 Å². The molecule has 82 valence electrons. The molecule has 0 saturated heterocycles. The van der Waals surface area contributed by atoms with Gasteiger partial charge in [-0.2, -0.15) is 0 Å². The topological polar surface area (TPSA) is 66.4 Å². The standard InChI is InChI=1S/C10H19NO3/c1-4-8(12)6-11-9(10(13)14)5-7(2)3/h7,9,11H,4-6H2,1-3H3,(H,13,14). The Morgan fingerprint density at radius 1 is 1.36 bits per heavy atom. The normalized spacial score (nSPS) is 12.9. The molecule has 0 aliphatic heterocycles. The van der Waals surface area contributed by atoms with E-state index < -0.39 is 12.0 Å². The van der Waals surface area contributed by atoms with Gasteiger partial charge < -0.3 is 5.11 Å². The van der Waals surface area contributed by atoms with Gasteiger partial charge in [0.05, 0.1) is 6.54 Å². The summed E-state index contributed by atoms with van der Waals surface area (Å²) in [5, 5.41) is 11.6. The molecule has 0 amide bonds.